The van der Waals surface area contributed by atoms with Gasteiger partial charge in [0, 0.05) is 36.0 Å². The largest absolute Gasteiger partial charge is 0.489 e. The number of hydrogen-bond acceptors (Lipinski definition) is 4. The second kappa shape index (κ2) is 9.58. The number of ether oxygens (including phenoxy) is 2. The Hall–Kier alpha value is -2.83. The van der Waals surface area contributed by atoms with Gasteiger partial charge in [0.25, 0.3) is 0 Å². The van der Waals surface area contributed by atoms with Crippen LogP contribution in [0.25, 0.3) is 11.1 Å². The molecule has 3 rings (SSSR count). The fourth-order valence-corrected chi connectivity index (χ4v) is 3.25. The highest BCUT2D eigenvalue weighted by molar-refractivity contribution is 6.33. The Morgan fingerprint density at radius 1 is 1.24 bits per heavy atom. The lowest BCUT2D eigenvalue weighted by atomic mass is 10.1. The summed E-state index contributed by atoms with van der Waals surface area (Å²) in [5.74, 6) is -0.201. The molecule has 3 aromatic rings. The molecule has 1 aromatic heterocycles. The smallest absolute Gasteiger partial charge is 0.306 e. The normalized spacial score (nSPS) is 12.0. The van der Waals surface area contributed by atoms with Gasteiger partial charge >= 0.3 is 5.97 Å². The van der Waals surface area contributed by atoms with Crippen LogP contribution in [0, 0.1) is 0 Å². The predicted octanol–water partition coefficient (Wildman–Crippen LogP) is 4.87. The number of carboxylic acids is 1. The van der Waals surface area contributed by atoms with E-state index in [4.69, 9.17) is 26.2 Å². The van der Waals surface area contributed by atoms with E-state index in [9.17, 15) is 4.79 Å². The molecule has 0 aliphatic carbocycles. The molecule has 0 spiro atoms. The van der Waals surface area contributed by atoms with Crippen LogP contribution in [-0.2, 0) is 23.2 Å². The van der Waals surface area contributed by atoms with Crippen LogP contribution in [0.1, 0.15) is 30.6 Å². The van der Waals surface area contributed by atoms with Crippen LogP contribution in [0.15, 0.2) is 54.9 Å². The van der Waals surface area contributed by atoms with Gasteiger partial charge in [-0.2, -0.15) is 5.10 Å². The Kier molecular flexibility index (Phi) is 6.90. The van der Waals surface area contributed by atoms with E-state index in [1.165, 1.54) is 0 Å². The van der Waals surface area contributed by atoms with Gasteiger partial charge in [0.05, 0.1) is 18.7 Å². The lowest BCUT2D eigenvalue weighted by Gasteiger charge is -2.16. The number of aromatic nitrogens is 2. The van der Waals surface area contributed by atoms with Gasteiger partial charge in [-0.05, 0) is 42.3 Å². The average Bonchev–Trinajstić information content (AvgIpc) is 3.13. The molecule has 2 aromatic carbocycles. The third-order valence-electron chi connectivity index (χ3n) is 4.43. The van der Waals surface area contributed by atoms with Crippen molar-refractivity contribution in [3.63, 3.8) is 0 Å². The number of benzene rings is 2. The molecule has 1 heterocycles. The minimum Gasteiger partial charge on any atom is -0.489 e. The van der Waals surface area contributed by atoms with Crippen molar-refractivity contribution in [3.8, 4) is 16.9 Å². The minimum absolute atomic E-state index is 0.0735. The van der Waals surface area contributed by atoms with Crippen LogP contribution in [0.5, 0.6) is 5.75 Å². The van der Waals surface area contributed by atoms with Gasteiger partial charge in [-0.25, -0.2) is 0 Å². The summed E-state index contributed by atoms with van der Waals surface area (Å²) in [5, 5.41) is 13.9. The summed E-state index contributed by atoms with van der Waals surface area (Å²) in [6, 6.07) is 13.1. The lowest BCUT2D eigenvalue weighted by molar-refractivity contribution is -0.140. The SMILES string of the molecule is CCO[C@@H](CC(=O)O)c1ccc(OCc2ccc(Cl)c(-c3cnn(C)c3)c2)cc1. The van der Waals surface area contributed by atoms with E-state index in [0.29, 0.717) is 24.0 Å². The van der Waals surface area contributed by atoms with Crippen LogP contribution >= 0.6 is 11.6 Å². The van der Waals surface area contributed by atoms with E-state index in [1.54, 1.807) is 10.9 Å². The maximum atomic E-state index is 11.0. The Morgan fingerprint density at radius 3 is 2.62 bits per heavy atom. The minimum atomic E-state index is -0.893. The Morgan fingerprint density at radius 2 is 2.00 bits per heavy atom. The van der Waals surface area contributed by atoms with Crippen LogP contribution in [0.4, 0.5) is 0 Å². The monoisotopic (exact) mass is 414 g/mol. The first-order valence-electron chi connectivity index (χ1n) is 9.30. The zero-order valence-electron chi connectivity index (χ0n) is 16.3. The highest BCUT2D eigenvalue weighted by atomic mass is 35.5. The van der Waals surface area contributed by atoms with Crippen molar-refractivity contribution in [1.82, 2.24) is 9.78 Å². The van der Waals surface area contributed by atoms with Crippen LogP contribution in [0.2, 0.25) is 5.02 Å². The number of aryl methyl sites for hydroxylation is 1. The number of halogens is 1. The highest BCUT2D eigenvalue weighted by Crippen LogP contribution is 2.29. The molecule has 7 heteroatoms. The molecule has 152 valence electrons. The Balaban J connectivity index is 1.68. The molecule has 1 atom stereocenters. The van der Waals surface area contributed by atoms with Gasteiger partial charge < -0.3 is 14.6 Å². The summed E-state index contributed by atoms with van der Waals surface area (Å²) < 4.78 is 13.2. The Labute approximate surface area is 174 Å². The van der Waals surface area contributed by atoms with Crippen molar-refractivity contribution < 1.29 is 19.4 Å². The third-order valence-corrected chi connectivity index (χ3v) is 4.76. The molecule has 0 amide bonds. The molecular formula is C22H23ClN2O4. The number of aliphatic carboxylic acids is 1. The topological polar surface area (TPSA) is 73.6 Å². The molecule has 6 nitrogen and oxygen atoms in total. The van der Waals surface area contributed by atoms with Crippen molar-refractivity contribution in [1.29, 1.82) is 0 Å². The first kappa shape index (κ1) is 20.9. The van der Waals surface area contributed by atoms with Crippen molar-refractivity contribution in [2.75, 3.05) is 6.61 Å². The number of hydrogen-bond donors (Lipinski definition) is 1. The van der Waals surface area contributed by atoms with Crippen molar-refractivity contribution in [3.05, 3.63) is 71.0 Å². The van der Waals surface area contributed by atoms with Crippen LogP contribution in [0.3, 0.4) is 0 Å². The molecule has 0 radical (unpaired) electrons. The Bertz CT molecular complexity index is 969. The maximum absolute atomic E-state index is 11.0. The standard InChI is InChI=1S/C22H23ClN2O4/c1-3-28-21(11-22(26)27)16-5-7-18(8-6-16)29-14-15-4-9-20(23)19(10-15)17-12-24-25(2)13-17/h4-10,12-13,21H,3,11,14H2,1-2H3,(H,26,27)/t21-/m0/s1. The molecule has 0 fully saturated rings. The molecule has 0 aliphatic heterocycles. The molecule has 0 saturated carbocycles. The fourth-order valence-electron chi connectivity index (χ4n) is 3.02. The van der Waals surface area contributed by atoms with E-state index in [0.717, 1.165) is 22.3 Å². The van der Waals surface area contributed by atoms with Gasteiger partial charge in [-0.15, -0.1) is 0 Å². The molecule has 0 bridgehead atoms. The van der Waals surface area contributed by atoms with Crippen molar-refractivity contribution in [2.24, 2.45) is 7.05 Å². The number of carbonyl (C=O) groups is 1. The third kappa shape index (κ3) is 5.59. The molecule has 1 N–H and O–H groups in total. The first-order chi connectivity index (χ1) is 14.0. The fraction of sp³-hybridized carbons (Fsp3) is 0.273. The first-order valence-corrected chi connectivity index (χ1v) is 9.67. The zero-order chi connectivity index (χ0) is 20.8. The lowest BCUT2D eigenvalue weighted by Crippen LogP contribution is -2.10. The number of carboxylic acid groups (broad SMARTS) is 1. The van der Waals surface area contributed by atoms with Gasteiger partial charge in [-0.1, -0.05) is 29.8 Å². The number of rotatable bonds is 9. The van der Waals surface area contributed by atoms with Crippen LogP contribution < -0.4 is 4.74 Å². The predicted molar refractivity (Wildman–Crippen MR) is 111 cm³/mol. The average molecular weight is 415 g/mol. The summed E-state index contributed by atoms with van der Waals surface area (Å²) in [7, 11) is 1.86. The van der Waals surface area contributed by atoms with Gasteiger partial charge in [-0.3, -0.25) is 9.48 Å². The molecule has 0 saturated heterocycles. The maximum Gasteiger partial charge on any atom is 0.306 e. The summed E-state index contributed by atoms with van der Waals surface area (Å²) in [5.41, 5.74) is 3.65. The zero-order valence-corrected chi connectivity index (χ0v) is 17.1. The summed E-state index contributed by atoms with van der Waals surface area (Å²) in [6.07, 6.45) is 3.15. The second-order valence-corrected chi connectivity index (χ2v) is 7.02. The van der Waals surface area contributed by atoms with E-state index in [-0.39, 0.29) is 6.42 Å². The summed E-state index contributed by atoms with van der Waals surface area (Å²) in [6.45, 7) is 2.68. The second-order valence-electron chi connectivity index (χ2n) is 6.62. The summed E-state index contributed by atoms with van der Waals surface area (Å²) >= 11 is 6.33. The van der Waals surface area contributed by atoms with E-state index in [2.05, 4.69) is 5.10 Å². The van der Waals surface area contributed by atoms with E-state index in [1.807, 2.05) is 62.6 Å². The molecular weight excluding hydrogens is 392 g/mol. The van der Waals surface area contributed by atoms with E-state index < -0.39 is 12.1 Å². The van der Waals surface area contributed by atoms with Crippen LogP contribution in [-0.4, -0.2) is 27.5 Å². The molecule has 0 unspecified atom stereocenters. The van der Waals surface area contributed by atoms with Gasteiger partial charge in [0.1, 0.15) is 12.4 Å². The molecule has 29 heavy (non-hydrogen) atoms. The van der Waals surface area contributed by atoms with Gasteiger partial charge in [0.15, 0.2) is 0 Å². The van der Waals surface area contributed by atoms with Gasteiger partial charge in [0.2, 0.25) is 0 Å². The quantitative estimate of drug-likeness (QED) is 0.540. The van der Waals surface area contributed by atoms with Crippen molar-refractivity contribution >= 4 is 17.6 Å². The highest BCUT2D eigenvalue weighted by Gasteiger charge is 2.15. The number of nitrogens with zero attached hydrogens (tertiary/aromatic N) is 2. The molecule has 0 aliphatic rings. The van der Waals surface area contributed by atoms with E-state index >= 15 is 0 Å². The van der Waals surface area contributed by atoms with Crippen molar-refractivity contribution in [2.45, 2.75) is 26.1 Å². The summed E-state index contributed by atoms with van der Waals surface area (Å²) in [4.78, 5) is 11.0.